The Morgan fingerprint density at radius 1 is 1.05 bits per heavy atom. The summed E-state index contributed by atoms with van der Waals surface area (Å²) >= 11 is 12.6. The van der Waals surface area contributed by atoms with Gasteiger partial charge in [-0.25, -0.2) is 9.78 Å². The first-order valence-corrected chi connectivity index (χ1v) is 14.3. The number of aromatic amines is 1. The quantitative estimate of drug-likeness (QED) is 0.219. The van der Waals surface area contributed by atoms with Gasteiger partial charge in [-0.3, -0.25) is 4.90 Å². The number of anilines is 1. The number of nitrogens with one attached hydrogen (secondary N) is 2. The minimum Gasteiger partial charge on any atom is -0.342 e. The largest absolute Gasteiger partial charge is 0.416 e. The van der Waals surface area contributed by atoms with Crippen molar-refractivity contribution in [3.8, 4) is 11.4 Å². The van der Waals surface area contributed by atoms with Gasteiger partial charge in [0, 0.05) is 59.2 Å². The van der Waals surface area contributed by atoms with Crippen LogP contribution in [0.5, 0.6) is 0 Å². The van der Waals surface area contributed by atoms with Crippen LogP contribution in [0, 0.1) is 6.92 Å². The van der Waals surface area contributed by atoms with Crippen LogP contribution in [0.3, 0.4) is 0 Å². The summed E-state index contributed by atoms with van der Waals surface area (Å²) in [4.78, 5) is 25.5. The maximum Gasteiger partial charge on any atom is 0.416 e. The molecule has 0 aliphatic carbocycles. The zero-order valence-electron chi connectivity index (χ0n) is 22.9. The fraction of sp³-hybridized carbons (Fsp3) is 0.290. The molecule has 2 N–H and O–H groups in total. The lowest BCUT2D eigenvalue weighted by Crippen LogP contribution is -2.48. The number of hydrogen-bond donors (Lipinski definition) is 2. The van der Waals surface area contributed by atoms with Gasteiger partial charge in [-0.15, -0.1) is 0 Å². The molecule has 0 radical (unpaired) electrons. The number of aromatic nitrogens is 2. The summed E-state index contributed by atoms with van der Waals surface area (Å²) < 4.78 is 38.8. The minimum atomic E-state index is -4.38. The van der Waals surface area contributed by atoms with E-state index in [2.05, 4.69) is 20.2 Å². The molecule has 11 heteroatoms. The van der Waals surface area contributed by atoms with Crippen LogP contribution < -0.4 is 5.32 Å². The highest BCUT2D eigenvalue weighted by molar-refractivity contribution is 6.35. The molecule has 1 aliphatic heterocycles. The molecule has 5 rings (SSSR count). The van der Waals surface area contributed by atoms with E-state index in [0.717, 1.165) is 55.0 Å². The number of para-hydroxylation sites is 1. The van der Waals surface area contributed by atoms with E-state index in [1.807, 2.05) is 48.2 Å². The first-order valence-electron chi connectivity index (χ1n) is 13.6. The lowest BCUT2D eigenvalue weighted by molar-refractivity contribution is -0.137. The molecule has 1 aromatic heterocycles. The zero-order valence-corrected chi connectivity index (χ0v) is 24.4. The number of imidazole rings is 1. The Kier molecular flexibility index (Phi) is 9.11. The van der Waals surface area contributed by atoms with Gasteiger partial charge >= 0.3 is 12.2 Å². The summed E-state index contributed by atoms with van der Waals surface area (Å²) in [5.41, 5.74) is 3.14. The second-order valence-corrected chi connectivity index (χ2v) is 11.2. The number of likely N-dealkylation sites (tertiary alicyclic amines) is 1. The Labute approximate surface area is 252 Å². The number of amides is 2. The Balaban J connectivity index is 1.25. The maximum absolute atomic E-state index is 13.5. The molecule has 3 aromatic carbocycles. The number of hydrogen-bond acceptors (Lipinski definition) is 3. The Hall–Kier alpha value is -3.53. The van der Waals surface area contributed by atoms with Crippen molar-refractivity contribution in [3.63, 3.8) is 0 Å². The van der Waals surface area contributed by atoms with Crippen molar-refractivity contribution in [1.29, 1.82) is 0 Å². The normalized spacial score (nSPS) is 14.6. The number of rotatable bonds is 7. The molecule has 0 saturated carbocycles. The van der Waals surface area contributed by atoms with Crippen molar-refractivity contribution in [2.24, 2.45) is 0 Å². The molecule has 0 unspecified atom stereocenters. The molecule has 1 aliphatic rings. The summed E-state index contributed by atoms with van der Waals surface area (Å²) in [6.45, 7) is 4.34. The van der Waals surface area contributed by atoms with Crippen LogP contribution in [0.4, 0.5) is 23.7 Å². The van der Waals surface area contributed by atoms with Crippen molar-refractivity contribution >= 4 is 34.9 Å². The molecule has 42 heavy (non-hydrogen) atoms. The molecule has 2 amide bonds. The highest BCUT2D eigenvalue weighted by Gasteiger charge is 2.31. The van der Waals surface area contributed by atoms with Gasteiger partial charge in [0.05, 0.1) is 11.3 Å². The fourth-order valence-corrected chi connectivity index (χ4v) is 5.59. The van der Waals surface area contributed by atoms with Gasteiger partial charge in [-0.05, 0) is 61.7 Å². The fourth-order valence-electron chi connectivity index (χ4n) is 5.12. The molecule has 4 aromatic rings. The summed E-state index contributed by atoms with van der Waals surface area (Å²) in [5.74, 6) is 0.537. The molecular weight excluding hydrogens is 586 g/mol. The van der Waals surface area contributed by atoms with Gasteiger partial charge in [0.2, 0.25) is 0 Å². The molecule has 0 bridgehead atoms. The predicted octanol–water partition coefficient (Wildman–Crippen LogP) is 8.41. The number of carbonyl (C=O) groups excluding carboxylic acids is 1. The Morgan fingerprint density at radius 2 is 1.74 bits per heavy atom. The molecule has 0 spiro atoms. The van der Waals surface area contributed by atoms with E-state index in [1.54, 1.807) is 12.1 Å². The van der Waals surface area contributed by atoms with Crippen molar-refractivity contribution in [2.75, 3.05) is 18.4 Å². The van der Waals surface area contributed by atoms with E-state index in [1.165, 1.54) is 12.1 Å². The van der Waals surface area contributed by atoms with Crippen molar-refractivity contribution in [1.82, 2.24) is 19.8 Å². The average molecular weight is 617 g/mol. The first-order chi connectivity index (χ1) is 20.1. The molecule has 6 nitrogen and oxygen atoms in total. The highest BCUT2D eigenvalue weighted by atomic mass is 35.5. The summed E-state index contributed by atoms with van der Waals surface area (Å²) in [7, 11) is 0. The van der Waals surface area contributed by atoms with Gasteiger partial charge in [-0.2, -0.15) is 13.2 Å². The SMILES string of the molecule is Cc1[nH]c(-c2ccc(C(F)(F)F)cc2)nc1CN1CCC(N(Cc2ccc(Cl)cc2Cl)C(=O)Nc2ccccc2)CC1. The van der Waals surface area contributed by atoms with Gasteiger partial charge in [-0.1, -0.05) is 59.6 Å². The number of piperidine rings is 1. The van der Waals surface area contributed by atoms with Crippen LogP contribution in [0.1, 0.15) is 35.4 Å². The lowest BCUT2D eigenvalue weighted by atomic mass is 10.0. The van der Waals surface area contributed by atoms with Crippen molar-refractivity contribution < 1.29 is 18.0 Å². The van der Waals surface area contributed by atoms with E-state index < -0.39 is 11.7 Å². The Bertz CT molecular complexity index is 1520. The standard InChI is InChI=1S/C31H30Cl2F3N5O/c1-20-28(39-29(37-20)21-7-10-23(11-8-21)31(34,35)36)19-40-15-13-26(14-16-40)41(18-22-9-12-24(32)17-27(22)33)30(42)38-25-5-3-2-4-6-25/h2-12,17,26H,13-16,18-19H2,1H3,(H,37,39)(H,38,42). The average Bonchev–Trinajstić information content (AvgIpc) is 3.33. The van der Waals surface area contributed by atoms with Crippen LogP contribution in [-0.4, -0.2) is 44.9 Å². The smallest absolute Gasteiger partial charge is 0.342 e. The summed E-state index contributed by atoms with van der Waals surface area (Å²) in [6, 6.07) is 19.4. The van der Waals surface area contributed by atoms with Crippen LogP contribution in [-0.2, 0) is 19.3 Å². The van der Waals surface area contributed by atoms with Crippen LogP contribution in [0.2, 0.25) is 10.0 Å². The monoisotopic (exact) mass is 615 g/mol. The van der Waals surface area contributed by atoms with E-state index in [9.17, 15) is 18.0 Å². The Morgan fingerprint density at radius 3 is 2.38 bits per heavy atom. The second-order valence-electron chi connectivity index (χ2n) is 10.4. The molecule has 0 atom stereocenters. The minimum absolute atomic E-state index is 0.0142. The topological polar surface area (TPSA) is 64.3 Å². The zero-order chi connectivity index (χ0) is 29.9. The number of nitrogens with zero attached hydrogens (tertiary/aromatic N) is 3. The van der Waals surface area contributed by atoms with Crippen molar-refractivity contribution in [2.45, 2.75) is 45.1 Å². The molecule has 1 fully saturated rings. The third kappa shape index (κ3) is 7.27. The number of aryl methyl sites for hydroxylation is 1. The lowest BCUT2D eigenvalue weighted by Gasteiger charge is -2.38. The van der Waals surface area contributed by atoms with Crippen LogP contribution >= 0.6 is 23.2 Å². The molecule has 2 heterocycles. The first kappa shape index (κ1) is 29.9. The van der Waals surface area contributed by atoms with Crippen molar-refractivity contribution in [3.05, 3.63) is 105 Å². The number of H-pyrrole nitrogens is 1. The van der Waals surface area contributed by atoms with Gasteiger partial charge < -0.3 is 15.2 Å². The van der Waals surface area contributed by atoms with E-state index >= 15 is 0 Å². The summed E-state index contributed by atoms with van der Waals surface area (Å²) in [5, 5.41) is 4.05. The third-order valence-electron chi connectivity index (χ3n) is 7.48. The number of halogens is 5. The maximum atomic E-state index is 13.5. The number of carbonyl (C=O) groups is 1. The predicted molar refractivity (Wildman–Crippen MR) is 160 cm³/mol. The highest BCUT2D eigenvalue weighted by Crippen LogP contribution is 2.31. The van der Waals surface area contributed by atoms with E-state index in [-0.39, 0.29) is 12.1 Å². The van der Waals surface area contributed by atoms with Crippen LogP contribution in [0.15, 0.2) is 72.8 Å². The molecule has 1 saturated heterocycles. The second kappa shape index (κ2) is 12.8. The number of alkyl halides is 3. The summed E-state index contributed by atoms with van der Waals surface area (Å²) in [6.07, 6.45) is -2.88. The number of urea groups is 1. The molecule has 220 valence electrons. The van der Waals surface area contributed by atoms with Gasteiger partial charge in [0.25, 0.3) is 0 Å². The van der Waals surface area contributed by atoms with Crippen LogP contribution in [0.25, 0.3) is 11.4 Å². The molecular formula is C31H30Cl2F3N5O. The van der Waals surface area contributed by atoms with Gasteiger partial charge in [0.1, 0.15) is 5.82 Å². The van der Waals surface area contributed by atoms with E-state index in [0.29, 0.717) is 40.2 Å². The van der Waals surface area contributed by atoms with E-state index in [4.69, 9.17) is 23.2 Å². The third-order valence-corrected chi connectivity index (χ3v) is 8.07. The van der Waals surface area contributed by atoms with Gasteiger partial charge in [0.15, 0.2) is 0 Å². The number of benzene rings is 3.